The first-order valence-corrected chi connectivity index (χ1v) is 7.71. The van der Waals surface area contributed by atoms with E-state index in [1.165, 1.54) is 31.7 Å². The van der Waals surface area contributed by atoms with Crippen molar-refractivity contribution in [3.8, 4) is 11.1 Å². The van der Waals surface area contributed by atoms with Crippen molar-refractivity contribution < 1.29 is 8.91 Å². The van der Waals surface area contributed by atoms with Gasteiger partial charge in [0.05, 0.1) is 11.3 Å². The molecule has 1 heterocycles. The van der Waals surface area contributed by atoms with Gasteiger partial charge in [-0.1, -0.05) is 29.8 Å². The minimum Gasteiger partial charge on any atom is -0.367 e. The zero-order chi connectivity index (χ0) is 14.4. The number of anilines is 1. The molecule has 4 rings (SSSR count). The summed E-state index contributed by atoms with van der Waals surface area (Å²) in [6, 6.07) is 6.68. The van der Waals surface area contributed by atoms with Gasteiger partial charge in [0.2, 0.25) is 5.88 Å². The Morgan fingerprint density at radius 1 is 1.24 bits per heavy atom. The number of fused-ring (bicyclic) bond motifs is 2. The topological polar surface area (TPSA) is 52.0 Å². The number of hydrogen-bond donors (Lipinski definition) is 1. The summed E-state index contributed by atoms with van der Waals surface area (Å²) in [6.45, 7) is 0. The van der Waals surface area contributed by atoms with Crippen molar-refractivity contribution in [2.24, 2.45) is 17.8 Å². The molecular weight excluding hydrogens is 267 g/mol. The van der Waals surface area contributed by atoms with Crippen LogP contribution in [0.4, 0.5) is 10.3 Å². The van der Waals surface area contributed by atoms with Gasteiger partial charge in [-0.3, -0.25) is 0 Å². The van der Waals surface area contributed by atoms with Gasteiger partial charge in [-0.25, -0.2) is 4.39 Å². The van der Waals surface area contributed by atoms with Crippen molar-refractivity contribution in [1.82, 2.24) is 5.16 Å². The SMILES string of the molecule is Nc1onc(CC2CC3CCC2C3)c1-c1ccccc1F. The van der Waals surface area contributed by atoms with E-state index in [9.17, 15) is 4.39 Å². The van der Waals surface area contributed by atoms with Crippen LogP contribution in [0.1, 0.15) is 31.4 Å². The molecule has 2 aromatic rings. The summed E-state index contributed by atoms with van der Waals surface area (Å²) in [5, 5.41) is 4.11. The van der Waals surface area contributed by atoms with E-state index in [0.29, 0.717) is 17.0 Å². The quantitative estimate of drug-likeness (QED) is 0.926. The van der Waals surface area contributed by atoms with Crippen LogP contribution >= 0.6 is 0 Å². The zero-order valence-electron chi connectivity index (χ0n) is 11.9. The third-order valence-electron chi connectivity index (χ3n) is 5.27. The molecule has 4 heteroatoms. The number of nitrogens with two attached hydrogens (primary N) is 1. The third kappa shape index (κ3) is 2.13. The molecule has 0 amide bonds. The summed E-state index contributed by atoms with van der Waals surface area (Å²) in [5.41, 5.74) is 7.86. The van der Waals surface area contributed by atoms with Crippen LogP contribution < -0.4 is 5.73 Å². The summed E-state index contributed by atoms with van der Waals surface area (Å²) < 4.78 is 19.2. The number of nitrogens with zero attached hydrogens (tertiary/aromatic N) is 1. The van der Waals surface area contributed by atoms with Crippen LogP contribution in [0.2, 0.25) is 0 Å². The van der Waals surface area contributed by atoms with E-state index in [2.05, 4.69) is 5.16 Å². The molecule has 3 nitrogen and oxygen atoms in total. The summed E-state index contributed by atoms with van der Waals surface area (Å²) in [7, 11) is 0. The fourth-order valence-electron chi connectivity index (χ4n) is 4.30. The molecule has 3 unspecified atom stereocenters. The van der Waals surface area contributed by atoms with E-state index < -0.39 is 0 Å². The lowest BCUT2D eigenvalue weighted by molar-refractivity contribution is 0.322. The molecule has 2 aliphatic carbocycles. The Bertz CT molecular complexity index is 667. The van der Waals surface area contributed by atoms with Crippen LogP contribution in [0.15, 0.2) is 28.8 Å². The Labute approximate surface area is 123 Å². The summed E-state index contributed by atoms with van der Waals surface area (Å²) in [6.07, 6.45) is 6.19. The molecule has 0 spiro atoms. The second kappa shape index (κ2) is 4.86. The molecule has 21 heavy (non-hydrogen) atoms. The maximum Gasteiger partial charge on any atom is 0.230 e. The summed E-state index contributed by atoms with van der Waals surface area (Å²) >= 11 is 0. The molecule has 1 aromatic carbocycles. The van der Waals surface area contributed by atoms with Gasteiger partial charge in [-0.2, -0.15) is 0 Å². The minimum absolute atomic E-state index is 0.221. The summed E-state index contributed by atoms with van der Waals surface area (Å²) in [4.78, 5) is 0. The number of halogens is 1. The maximum absolute atomic E-state index is 14.1. The van der Waals surface area contributed by atoms with Crippen molar-refractivity contribution in [2.45, 2.75) is 32.1 Å². The number of nitrogen functional groups attached to an aromatic ring is 1. The predicted molar refractivity (Wildman–Crippen MR) is 79.0 cm³/mol. The molecule has 2 N–H and O–H groups in total. The predicted octanol–water partition coefficient (Wildman–Crippen LogP) is 4.04. The van der Waals surface area contributed by atoms with Crippen molar-refractivity contribution >= 4 is 5.88 Å². The molecule has 0 saturated heterocycles. The Morgan fingerprint density at radius 3 is 2.81 bits per heavy atom. The number of rotatable bonds is 3. The van der Waals surface area contributed by atoms with Crippen molar-refractivity contribution in [2.75, 3.05) is 5.73 Å². The zero-order valence-corrected chi connectivity index (χ0v) is 11.9. The standard InChI is InChI=1S/C17H19FN2O/c18-14-4-2-1-3-13(14)16-15(20-21-17(16)19)9-12-8-10-5-6-11(12)7-10/h1-4,10-12H,5-9,19H2. The van der Waals surface area contributed by atoms with Crippen LogP contribution in [0.5, 0.6) is 0 Å². The van der Waals surface area contributed by atoms with Crippen molar-refractivity contribution in [1.29, 1.82) is 0 Å². The van der Waals surface area contributed by atoms with Gasteiger partial charge in [-0.15, -0.1) is 0 Å². The van der Waals surface area contributed by atoms with Gasteiger partial charge >= 0.3 is 0 Å². The van der Waals surface area contributed by atoms with Crippen molar-refractivity contribution in [3.05, 3.63) is 35.8 Å². The van der Waals surface area contributed by atoms with E-state index in [4.69, 9.17) is 10.3 Å². The maximum atomic E-state index is 14.1. The highest BCUT2D eigenvalue weighted by atomic mass is 19.1. The van der Waals surface area contributed by atoms with Crippen molar-refractivity contribution in [3.63, 3.8) is 0 Å². The largest absolute Gasteiger partial charge is 0.367 e. The van der Waals surface area contributed by atoms with E-state index in [0.717, 1.165) is 24.0 Å². The van der Waals surface area contributed by atoms with Crippen LogP contribution in [0.25, 0.3) is 11.1 Å². The average Bonchev–Trinajstić information content (AvgIpc) is 3.17. The highest BCUT2D eigenvalue weighted by molar-refractivity contribution is 5.75. The monoisotopic (exact) mass is 286 g/mol. The molecule has 2 aliphatic rings. The first-order chi connectivity index (χ1) is 10.2. The van der Waals surface area contributed by atoms with Crippen LogP contribution in [-0.2, 0) is 6.42 Å². The fraction of sp³-hybridized carbons (Fsp3) is 0.471. The Balaban J connectivity index is 1.66. The van der Waals surface area contributed by atoms with E-state index in [1.807, 2.05) is 6.07 Å². The molecule has 110 valence electrons. The highest BCUT2D eigenvalue weighted by Gasteiger charge is 2.40. The number of aromatic nitrogens is 1. The molecular formula is C17H19FN2O. The molecule has 1 aromatic heterocycles. The lowest BCUT2D eigenvalue weighted by Gasteiger charge is -2.20. The van der Waals surface area contributed by atoms with Gasteiger partial charge in [0.1, 0.15) is 5.82 Å². The molecule has 2 saturated carbocycles. The van der Waals surface area contributed by atoms with Gasteiger partial charge in [0.25, 0.3) is 0 Å². The van der Waals surface area contributed by atoms with Crippen LogP contribution in [0.3, 0.4) is 0 Å². The first kappa shape index (κ1) is 12.9. The Kier molecular flexibility index (Phi) is 2.98. The lowest BCUT2D eigenvalue weighted by Crippen LogP contribution is -2.13. The van der Waals surface area contributed by atoms with Gasteiger partial charge in [0, 0.05) is 5.56 Å². The fourth-order valence-corrected chi connectivity index (χ4v) is 4.30. The van der Waals surface area contributed by atoms with Gasteiger partial charge in [0.15, 0.2) is 0 Å². The Hall–Kier alpha value is -1.84. The highest BCUT2D eigenvalue weighted by Crippen LogP contribution is 2.50. The molecule has 2 bridgehead atoms. The summed E-state index contributed by atoms with van der Waals surface area (Å²) in [5.74, 6) is 2.29. The molecule has 3 atom stereocenters. The van der Waals surface area contributed by atoms with E-state index in [1.54, 1.807) is 12.1 Å². The van der Waals surface area contributed by atoms with E-state index >= 15 is 0 Å². The first-order valence-electron chi connectivity index (χ1n) is 7.71. The van der Waals surface area contributed by atoms with Gasteiger partial charge < -0.3 is 10.3 Å². The average molecular weight is 286 g/mol. The molecule has 0 radical (unpaired) electrons. The molecule has 2 fully saturated rings. The van der Waals surface area contributed by atoms with Crippen LogP contribution in [-0.4, -0.2) is 5.16 Å². The number of hydrogen-bond acceptors (Lipinski definition) is 3. The normalized spacial score (nSPS) is 27.4. The second-order valence-electron chi connectivity index (χ2n) is 6.49. The van der Waals surface area contributed by atoms with E-state index in [-0.39, 0.29) is 11.7 Å². The Morgan fingerprint density at radius 2 is 2.10 bits per heavy atom. The number of benzene rings is 1. The minimum atomic E-state index is -0.276. The lowest BCUT2D eigenvalue weighted by atomic mass is 9.84. The second-order valence-corrected chi connectivity index (χ2v) is 6.49. The molecule has 0 aliphatic heterocycles. The smallest absolute Gasteiger partial charge is 0.230 e. The van der Waals surface area contributed by atoms with Crippen LogP contribution in [0, 0.1) is 23.6 Å². The third-order valence-corrected chi connectivity index (χ3v) is 5.27. The van der Waals surface area contributed by atoms with Gasteiger partial charge in [-0.05, 0) is 49.5 Å².